The molecular formula is C14H21N3O2. The van der Waals surface area contributed by atoms with Crippen molar-refractivity contribution in [3.8, 4) is 0 Å². The van der Waals surface area contributed by atoms with E-state index in [0.717, 1.165) is 18.5 Å². The van der Waals surface area contributed by atoms with Gasteiger partial charge in [0.15, 0.2) is 0 Å². The third-order valence-electron chi connectivity index (χ3n) is 3.98. The zero-order valence-corrected chi connectivity index (χ0v) is 11.3. The van der Waals surface area contributed by atoms with Crippen molar-refractivity contribution in [3.63, 3.8) is 0 Å². The van der Waals surface area contributed by atoms with Gasteiger partial charge in [-0.3, -0.25) is 15.0 Å². The van der Waals surface area contributed by atoms with E-state index in [2.05, 4.69) is 11.9 Å². The maximum absolute atomic E-state index is 10.9. The van der Waals surface area contributed by atoms with E-state index < -0.39 is 0 Å². The average molecular weight is 263 g/mol. The molecule has 0 amide bonds. The van der Waals surface area contributed by atoms with Crippen LogP contribution in [0.4, 0.5) is 5.69 Å². The number of hydrogen-bond donors (Lipinski definition) is 1. The van der Waals surface area contributed by atoms with Gasteiger partial charge in [0.25, 0.3) is 5.69 Å². The Labute approximate surface area is 113 Å². The molecule has 0 radical (unpaired) electrons. The Morgan fingerprint density at radius 3 is 2.95 bits per heavy atom. The van der Waals surface area contributed by atoms with E-state index in [9.17, 15) is 10.1 Å². The van der Waals surface area contributed by atoms with Crippen molar-refractivity contribution in [1.29, 1.82) is 0 Å². The summed E-state index contributed by atoms with van der Waals surface area (Å²) in [5.74, 6) is 0.370. The minimum atomic E-state index is -0.336. The lowest BCUT2D eigenvalue weighted by molar-refractivity contribution is -0.385. The first-order chi connectivity index (χ1) is 9.13. The van der Waals surface area contributed by atoms with E-state index >= 15 is 0 Å². The van der Waals surface area contributed by atoms with Gasteiger partial charge in [0.1, 0.15) is 0 Å². The Morgan fingerprint density at radius 2 is 2.26 bits per heavy atom. The SMILES string of the molecule is CN1CCCCC(CN)C1c1cccc([N+](=O)[O-])c1. The molecule has 2 atom stereocenters. The highest BCUT2D eigenvalue weighted by Crippen LogP contribution is 2.34. The molecule has 1 aliphatic rings. The number of rotatable bonds is 3. The molecular weight excluding hydrogens is 242 g/mol. The first-order valence-electron chi connectivity index (χ1n) is 6.78. The average Bonchev–Trinajstić information content (AvgIpc) is 2.60. The number of likely N-dealkylation sites (tertiary alicyclic amines) is 1. The molecule has 1 aromatic rings. The Morgan fingerprint density at radius 1 is 1.47 bits per heavy atom. The van der Waals surface area contributed by atoms with Gasteiger partial charge in [-0.25, -0.2) is 0 Å². The highest BCUT2D eigenvalue weighted by atomic mass is 16.6. The van der Waals surface area contributed by atoms with Crippen molar-refractivity contribution in [3.05, 3.63) is 39.9 Å². The lowest BCUT2D eigenvalue weighted by Gasteiger charge is -2.32. The van der Waals surface area contributed by atoms with Crippen LogP contribution in [0.15, 0.2) is 24.3 Å². The minimum Gasteiger partial charge on any atom is -0.330 e. The molecule has 0 spiro atoms. The van der Waals surface area contributed by atoms with Gasteiger partial charge in [-0.15, -0.1) is 0 Å². The fourth-order valence-corrected chi connectivity index (χ4v) is 3.02. The van der Waals surface area contributed by atoms with Crippen LogP contribution in [0.2, 0.25) is 0 Å². The topological polar surface area (TPSA) is 72.4 Å². The van der Waals surface area contributed by atoms with Gasteiger partial charge in [0.05, 0.1) is 4.92 Å². The molecule has 1 saturated heterocycles. The summed E-state index contributed by atoms with van der Waals surface area (Å²) in [4.78, 5) is 12.8. The molecule has 0 saturated carbocycles. The van der Waals surface area contributed by atoms with Gasteiger partial charge in [0, 0.05) is 18.2 Å². The van der Waals surface area contributed by atoms with Gasteiger partial charge < -0.3 is 5.73 Å². The fraction of sp³-hybridized carbons (Fsp3) is 0.571. The molecule has 2 unspecified atom stereocenters. The number of nitrogens with two attached hydrogens (primary N) is 1. The number of nitro benzene ring substituents is 1. The lowest BCUT2D eigenvalue weighted by atomic mass is 9.89. The van der Waals surface area contributed by atoms with Crippen molar-refractivity contribution in [1.82, 2.24) is 4.90 Å². The van der Waals surface area contributed by atoms with Crippen LogP contribution in [-0.2, 0) is 0 Å². The molecule has 19 heavy (non-hydrogen) atoms. The monoisotopic (exact) mass is 263 g/mol. The summed E-state index contributed by atoms with van der Waals surface area (Å²) >= 11 is 0. The smallest absolute Gasteiger partial charge is 0.269 e. The second-order valence-electron chi connectivity index (χ2n) is 5.27. The number of non-ortho nitro benzene ring substituents is 1. The van der Waals surface area contributed by atoms with Crippen LogP contribution in [0, 0.1) is 16.0 Å². The zero-order valence-electron chi connectivity index (χ0n) is 11.3. The molecule has 104 valence electrons. The molecule has 1 aromatic carbocycles. The highest BCUT2D eigenvalue weighted by Gasteiger charge is 2.28. The number of hydrogen-bond acceptors (Lipinski definition) is 4. The third kappa shape index (κ3) is 3.11. The summed E-state index contributed by atoms with van der Waals surface area (Å²) in [7, 11) is 2.08. The van der Waals surface area contributed by atoms with Crippen LogP contribution in [0.3, 0.4) is 0 Å². The third-order valence-corrected chi connectivity index (χ3v) is 3.98. The van der Waals surface area contributed by atoms with Gasteiger partial charge in [-0.2, -0.15) is 0 Å². The summed E-state index contributed by atoms with van der Waals surface area (Å²) < 4.78 is 0. The van der Waals surface area contributed by atoms with E-state index in [1.165, 1.54) is 18.9 Å². The lowest BCUT2D eigenvalue weighted by Crippen LogP contribution is -2.33. The molecule has 0 aliphatic carbocycles. The quantitative estimate of drug-likeness (QED) is 0.671. The maximum atomic E-state index is 10.9. The predicted molar refractivity (Wildman–Crippen MR) is 74.9 cm³/mol. The molecule has 0 bridgehead atoms. The van der Waals surface area contributed by atoms with Crippen molar-refractivity contribution in [2.75, 3.05) is 20.1 Å². The Balaban J connectivity index is 2.34. The number of nitrogens with zero attached hydrogens (tertiary/aromatic N) is 2. The van der Waals surface area contributed by atoms with Crippen LogP contribution in [0.1, 0.15) is 30.9 Å². The largest absolute Gasteiger partial charge is 0.330 e. The second-order valence-corrected chi connectivity index (χ2v) is 5.27. The van der Waals surface area contributed by atoms with E-state index in [4.69, 9.17) is 5.73 Å². The van der Waals surface area contributed by atoms with Crippen molar-refractivity contribution >= 4 is 5.69 Å². The van der Waals surface area contributed by atoms with Gasteiger partial charge in [-0.1, -0.05) is 18.6 Å². The number of nitro groups is 1. The van der Waals surface area contributed by atoms with Gasteiger partial charge in [-0.05, 0) is 44.5 Å². The van der Waals surface area contributed by atoms with Crippen LogP contribution in [0.5, 0.6) is 0 Å². The van der Waals surface area contributed by atoms with Crippen molar-refractivity contribution < 1.29 is 4.92 Å². The summed E-state index contributed by atoms with van der Waals surface area (Å²) in [5, 5.41) is 10.9. The van der Waals surface area contributed by atoms with Crippen LogP contribution in [-0.4, -0.2) is 30.0 Å². The Kier molecular flexibility index (Phi) is 4.50. The molecule has 1 fully saturated rings. The number of benzene rings is 1. The van der Waals surface area contributed by atoms with Crippen LogP contribution in [0.25, 0.3) is 0 Å². The summed E-state index contributed by atoms with van der Waals surface area (Å²) in [6.45, 7) is 1.64. The van der Waals surface area contributed by atoms with Crippen molar-refractivity contribution in [2.24, 2.45) is 11.7 Å². The molecule has 5 nitrogen and oxygen atoms in total. The van der Waals surface area contributed by atoms with Crippen LogP contribution >= 0.6 is 0 Å². The summed E-state index contributed by atoms with van der Waals surface area (Å²) in [5.41, 5.74) is 7.07. The molecule has 2 rings (SSSR count). The predicted octanol–water partition coefficient (Wildman–Crippen LogP) is 2.33. The van der Waals surface area contributed by atoms with Gasteiger partial charge >= 0.3 is 0 Å². The van der Waals surface area contributed by atoms with Gasteiger partial charge in [0.2, 0.25) is 0 Å². The van der Waals surface area contributed by atoms with E-state index in [1.807, 2.05) is 6.07 Å². The minimum absolute atomic E-state index is 0.158. The van der Waals surface area contributed by atoms with E-state index in [0.29, 0.717) is 12.5 Å². The second kappa shape index (κ2) is 6.12. The molecule has 0 aromatic heterocycles. The first-order valence-corrected chi connectivity index (χ1v) is 6.78. The summed E-state index contributed by atoms with van der Waals surface area (Å²) in [6.07, 6.45) is 3.43. The molecule has 2 N–H and O–H groups in total. The Bertz CT molecular complexity index is 450. The summed E-state index contributed by atoms with van der Waals surface area (Å²) in [6, 6.07) is 7.15. The first kappa shape index (κ1) is 14.0. The molecule has 1 aliphatic heterocycles. The van der Waals surface area contributed by atoms with Crippen LogP contribution < -0.4 is 5.73 Å². The molecule has 5 heteroatoms. The Hall–Kier alpha value is -1.46. The normalized spacial score (nSPS) is 24.9. The maximum Gasteiger partial charge on any atom is 0.269 e. The molecule has 1 heterocycles. The standard InChI is InChI=1S/C14H21N3O2/c1-16-8-3-2-5-12(10-15)14(16)11-6-4-7-13(9-11)17(18)19/h4,6-7,9,12,14H,2-3,5,8,10,15H2,1H3. The van der Waals surface area contributed by atoms with E-state index in [-0.39, 0.29) is 16.7 Å². The highest BCUT2D eigenvalue weighted by molar-refractivity contribution is 5.36. The van der Waals surface area contributed by atoms with E-state index in [1.54, 1.807) is 12.1 Å². The van der Waals surface area contributed by atoms with Crippen molar-refractivity contribution in [2.45, 2.75) is 25.3 Å². The fourth-order valence-electron chi connectivity index (χ4n) is 3.02. The zero-order chi connectivity index (χ0) is 13.8.